The molecule has 0 aliphatic heterocycles. The maximum atomic E-state index is 13.0. The smallest absolute Gasteiger partial charge is 0.255 e. The summed E-state index contributed by atoms with van der Waals surface area (Å²) in [5.41, 5.74) is 2.39. The van der Waals surface area contributed by atoms with Gasteiger partial charge in [0.25, 0.3) is 5.91 Å². The fourth-order valence-electron chi connectivity index (χ4n) is 3.23. The standard InChI is InChI=1S/C24H18FNO3/c1-15-21(27)19-8-5-9-20(23(19)29-22(15)17-6-3-2-4-7-17)24(28)26-14-16-10-12-18(25)13-11-16/h2-13H,14H2,1H3,(H,26,28). The maximum Gasteiger partial charge on any atom is 0.255 e. The lowest BCUT2D eigenvalue weighted by Gasteiger charge is -2.11. The number of carbonyl (C=O) groups is 1. The highest BCUT2D eigenvalue weighted by atomic mass is 19.1. The Bertz CT molecular complexity index is 1250. The Morgan fingerprint density at radius 1 is 0.966 bits per heavy atom. The van der Waals surface area contributed by atoms with Gasteiger partial charge in [0, 0.05) is 17.7 Å². The van der Waals surface area contributed by atoms with Crippen molar-refractivity contribution in [3.05, 3.63) is 106 Å². The molecule has 3 aromatic carbocycles. The third-order valence-corrected chi connectivity index (χ3v) is 4.79. The van der Waals surface area contributed by atoms with E-state index in [0.29, 0.717) is 16.7 Å². The molecule has 0 aliphatic rings. The Kier molecular flexibility index (Phi) is 4.96. The van der Waals surface area contributed by atoms with Crippen LogP contribution in [-0.2, 0) is 6.54 Å². The number of nitrogens with one attached hydrogen (secondary N) is 1. The summed E-state index contributed by atoms with van der Waals surface area (Å²) in [6.07, 6.45) is 0. The van der Waals surface area contributed by atoms with E-state index in [-0.39, 0.29) is 34.8 Å². The second kappa shape index (κ2) is 7.72. The van der Waals surface area contributed by atoms with Gasteiger partial charge in [-0.05, 0) is 36.8 Å². The predicted octanol–water partition coefficient (Wildman–Crippen LogP) is 4.84. The first-order valence-corrected chi connectivity index (χ1v) is 9.19. The van der Waals surface area contributed by atoms with Crippen molar-refractivity contribution >= 4 is 16.9 Å². The van der Waals surface area contributed by atoms with Gasteiger partial charge in [0.1, 0.15) is 11.6 Å². The number of carbonyl (C=O) groups excluding carboxylic acids is 1. The highest BCUT2D eigenvalue weighted by molar-refractivity contribution is 6.05. The van der Waals surface area contributed by atoms with E-state index >= 15 is 0 Å². The van der Waals surface area contributed by atoms with Crippen LogP contribution in [0, 0.1) is 12.7 Å². The lowest BCUT2D eigenvalue weighted by Crippen LogP contribution is -2.23. The SMILES string of the molecule is Cc1c(-c2ccccc2)oc2c(C(=O)NCc3ccc(F)cc3)cccc2c1=O. The molecule has 0 saturated heterocycles. The first-order valence-electron chi connectivity index (χ1n) is 9.19. The first kappa shape index (κ1) is 18.6. The van der Waals surface area contributed by atoms with E-state index in [2.05, 4.69) is 5.32 Å². The van der Waals surface area contributed by atoms with Gasteiger partial charge in [0.15, 0.2) is 11.0 Å². The second-order valence-electron chi connectivity index (χ2n) is 6.74. The van der Waals surface area contributed by atoms with Crippen molar-refractivity contribution in [2.24, 2.45) is 0 Å². The molecule has 0 aliphatic carbocycles. The fraction of sp³-hybridized carbons (Fsp3) is 0.0833. The van der Waals surface area contributed by atoms with E-state index < -0.39 is 0 Å². The van der Waals surface area contributed by atoms with Gasteiger partial charge in [0.05, 0.1) is 10.9 Å². The van der Waals surface area contributed by atoms with Gasteiger partial charge in [-0.25, -0.2) is 4.39 Å². The minimum absolute atomic E-state index is 0.168. The van der Waals surface area contributed by atoms with Crippen LogP contribution in [0.2, 0.25) is 0 Å². The molecule has 4 rings (SSSR count). The Labute approximate surface area is 166 Å². The van der Waals surface area contributed by atoms with Crippen LogP contribution < -0.4 is 10.7 Å². The molecule has 0 fully saturated rings. The van der Waals surface area contributed by atoms with Crippen LogP contribution >= 0.6 is 0 Å². The van der Waals surface area contributed by atoms with Crippen molar-refractivity contribution < 1.29 is 13.6 Å². The van der Waals surface area contributed by atoms with Crippen LogP contribution in [0.5, 0.6) is 0 Å². The molecular formula is C24H18FNO3. The average Bonchev–Trinajstić information content (AvgIpc) is 2.76. The molecule has 0 bridgehead atoms. The highest BCUT2D eigenvalue weighted by Crippen LogP contribution is 2.27. The van der Waals surface area contributed by atoms with E-state index in [1.54, 1.807) is 37.3 Å². The number of halogens is 1. The summed E-state index contributed by atoms with van der Waals surface area (Å²) in [4.78, 5) is 25.7. The molecule has 144 valence electrons. The number of rotatable bonds is 4. The van der Waals surface area contributed by atoms with Gasteiger partial charge in [-0.3, -0.25) is 9.59 Å². The number of amides is 1. The molecule has 0 unspecified atom stereocenters. The Balaban J connectivity index is 1.74. The number of hydrogen-bond acceptors (Lipinski definition) is 3. The molecule has 0 saturated carbocycles. The van der Waals surface area contributed by atoms with E-state index in [1.165, 1.54) is 12.1 Å². The molecule has 0 radical (unpaired) electrons. The Morgan fingerprint density at radius 3 is 2.41 bits per heavy atom. The monoisotopic (exact) mass is 387 g/mol. The molecule has 5 heteroatoms. The van der Waals surface area contributed by atoms with E-state index in [1.807, 2.05) is 30.3 Å². The van der Waals surface area contributed by atoms with Crippen LogP contribution in [0.3, 0.4) is 0 Å². The van der Waals surface area contributed by atoms with Gasteiger partial charge in [-0.15, -0.1) is 0 Å². The second-order valence-corrected chi connectivity index (χ2v) is 6.74. The molecule has 1 amide bonds. The third kappa shape index (κ3) is 3.67. The molecule has 1 heterocycles. The van der Waals surface area contributed by atoms with Crippen LogP contribution in [0.1, 0.15) is 21.5 Å². The van der Waals surface area contributed by atoms with E-state index in [4.69, 9.17) is 4.42 Å². The Morgan fingerprint density at radius 2 is 1.69 bits per heavy atom. The zero-order valence-corrected chi connectivity index (χ0v) is 15.7. The maximum absolute atomic E-state index is 13.0. The van der Waals surface area contributed by atoms with Gasteiger partial charge >= 0.3 is 0 Å². The van der Waals surface area contributed by atoms with Crippen LogP contribution in [0.4, 0.5) is 4.39 Å². The molecule has 1 aromatic heterocycles. The highest BCUT2D eigenvalue weighted by Gasteiger charge is 2.18. The summed E-state index contributed by atoms with van der Waals surface area (Å²) in [5, 5.41) is 3.15. The first-order chi connectivity index (χ1) is 14.0. The predicted molar refractivity (Wildman–Crippen MR) is 110 cm³/mol. The summed E-state index contributed by atoms with van der Waals surface area (Å²) in [6.45, 7) is 1.95. The molecule has 0 atom stereocenters. The normalized spacial score (nSPS) is 10.8. The minimum atomic E-state index is -0.370. The molecule has 0 spiro atoms. The number of para-hydroxylation sites is 1. The van der Waals surface area contributed by atoms with Crippen LogP contribution in [-0.4, -0.2) is 5.91 Å². The molecule has 1 N–H and O–H groups in total. The molecular weight excluding hydrogens is 369 g/mol. The zero-order chi connectivity index (χ0) is 20.4. The summed E-state index contributed by atoms with van der Waals surface area (Å²) in [7, 11) is 0. The third-order valence-electron chi connectivity index (χ3n) is 4.79. The zero-order valence-electron chi connectivity index (χ0n) is 15.7. The van der Waals surface area contributed by atoms with Gasteiger partial charge in [-0.1, -0.05) is 48.5 Å². The number of hydrogen-bond donors (Lipinski definition) is 1. The van der Waals surface area contributed by atoms with Crippen molar-refractivity contribution in [2.75, 3.05) is 0 Å². The summed E-state index contributed by atoms with van der Waals surface area (Å²) in [6, 6.07) is 20.1. The summed E-state index contributed by atoms with van der Waals surface area (Å²) in [5.74, 6) is -0.257. The lowest BCUT2D eigenvalue weighted by atomic mass is 10.0. The van der Waals surface area contributed by atoms with E-state index in [9.17, 15) is 14.0 Å². The topological polar surface area (TPSA) is 59.3 Å². The molecule has 4 aromatic rings. The van der Waals surface area contributed by atoms with E-state index in [0.717, 1.165) is 11.1 Å². The lowest BCUT2D eigenvalue weighted by molar-refractivity contribution is 0.0951. The van der Waals surface area contributed by atoms with Gasteiger partial charge in [0.2, 0.25) is 0 Å². The van der Waals surface area contributed by atoms with Crippen molar-refractivity contribution in [1.29, 1.82) is 0 Å². The van der Waals surface area contributed by atoms with Crippen molar-refractivity contribution in [3.8, 4) is 11.3 Å². The molecule has 4 nitrogen and oxygen atoms in total. The Hall–Kier alpha value is -3.73. The largest absolute Gasteiger partial charge is 0.455 e. The average molecular weight is 387 g/mol. The van der Waals surface area contributed by atoms with Gasteiger partial charge in [-0.2, -0.15) is 0 Å². The van der Waals surface area contributed by atoms with Gasteiger partial charge < -0.3 is 9.73 Å². The number of benzene rings is 3. The summed E-state index contributed by atoms with van der Waals surface area (Å²) < 4.78 is 19.1. The van der Waals surface area contributed by atoms with Crippen molar-refractivity contribution in [1.82, 2.24) is 5.32 Å². The van der Waals surface area contributed by atoms with Crippen molar-refractivity contribution in [2.45, 2.75) is 13.5 Å². The fourth-order valence-corrected chi connectivity index (χ4v) is 3.23. The van der Waals surface area contributed by atoms with Crippen LogP contribution in [0.15, 0.2) is 82.0 Å². The summed E-state index contributed by atoms with van der Waals surface area (Å²) >= 11 is 0. The van der Waals surface area contributed by atoms with Crippen LogP contribution in [0.25, 0.3) is 22.3 Å². The van der Waals surface area contributed by atoms with Crippen molar-refractivity contribution in [3.63, 3.8) is 0 Å². The minimum Gasteiger partial charge on any atom is -0.455 e. The quantitative estimate of drug-likeness (QED) is 0.545. The number of fused-ring (bicyclic) bond motifs is 1. The molecule has 29 heavy (non-hydrogen) atoms.